The van der Waals surface area contributed by atoms with Gasteiger partial charge in [0.25, 0.3) is 0 Å². The second-order valence-electron chi connectivity index (χ2n) is 9.40. The summed E-state index contributed by atoms with van der Waals surface area (Å²) in [5.41, 5.74) is -3.14. The SMILES string of the molecule is CCCCCC1OC1CC1(C(=O)[O-])C=CCCC1(CC1OC1CCCCC)C(=O)[O-]. The van der Waals surface area contributed by atoms with Crippen molar-refractivity contribution < 1.29 is 29.3 Å². The van der Waals surface area contributed by atoms with Crippen molar-refractivity contribution in [1.82, 2.24) is 0 Å². The fourth-order valence-corrected chi connectivity index (χ4v) is 5.34. The lowest BCUT2D eigenvalue weighted by molar-refractivity contribution is -0.344. The summed E-state index contributed by atoms with van der Waals surface area (Å²) in [4.78, 5) is 25.0. The van der Waals surface area contributed by atoms with Crippen molar-refractivity contribution in [2.24, 2.45) is 10.8 Å². The Morgan fingerprint density at radius 3 is 1.93 bits per heavy atom. The predicted octanol–water partition coefficient (Wildman–Crippen LogP) is 2.28. The molecular formula is C24H36O6-2. The standard InChI is InChI=1S/C24H38O6/c1-3-5-7-11-17-19(29-17)15-23(21(25)26)13-9-10-14-24(23,22(27)28)16-20-18(30-20)12-8-6-4-2/h9,13,17-20H,3-8,10-12,14-16H2,1-2H3,(H,25,26)(H,27,28)/p-2. The van der Waals surface area contributed by atoms with Crippen LogP contribution in [-0.4, -0.2) is 36.4 Å². The Morgan fingerprint density at radius 1 is 0.867 bits per heavy atom. The zero-order valence-electron chi connectivity index (χ0n) is 18.4. The number of carboxylic acids is 2. The maximum absolute atomic E-state index is 12.5. The van der Waals surface area contributed by atoms with Gasteiger partial charge in [0.2, 0.25) is 0 Å². The zero-order chi connectivity index (χ0) is 21.8. The number of ether oxygens (including phenoxy) is 2. The van der Waals surface area contributed by atoms with Crippen LogP contribution in [0.4, 0.5) is 0 Å². The zero-order valence-corrected chi connectivity index (χ0v) is 18.4. The second kappa shape index (κ2) is 9.82. The van der Waals surface area contributed by atoms with Gasteiger partial charge in [-0.15, -0.1) is 0 Å². The van der Waals surface area contributed by atoms with E-state index < -0.39 is 22.8 Å². The van der Waals surface area contributed by atoms with Gasteiger partial charge in [0.15, 0.2) is 0 Å². The molecular weight excluding hydrogens is 384 g/mol. The average molecular weight is 421 g/mol. The molecule has 6 heteroatoms. The molecule has 1 aliphatic carbocycles. The number of aliphatic carboxylic acids is 2. The molecule has 0 spiro atoms. The van der Waals surface area contributed by atoms with Gasteiger partial charge in [-0.25, -0.2) is 0 Å². The van der Waals surface area contributed by atoms with Crippen molar-refractivity contribution in [2.75, 3.05) is 0 Å². The number of carbonyl (C=O) groups is 2. The summed E-state index contributed by atoms with van der Waals surface area (Å²) >= 11 is 0. The van der Waals surface area contributed by atoms with Gasteiger partial charge in [-0.1, -0.05) is 64.5 Å². The molecule has 0 amide bonds. The molecule has 3 aliphatic rings. The Hall–Kier alpha value is -1.40. The minimum atomic E-state index is -1.62. The van der Waals surface area contributed by atoms with Crippen LogP contribution in [0, 0.1) is 10.8 Å². The van der Waals surface area contributed by atoms with Gasteiger partial charge in [-0.05, 0) is 38.5 Å². The Bertz CT molecular complexity index is 646. The first-order valence-electron chi connectivity index (χ1n) is 11.8. The lowest BCUT2D eigenvalue weighted by Crippen LogP contribution is -2.62. The Kier molecular flexibility index (Phi) is 7.61. The van der Waals surface area contributed by atoms with Crippen molar-refractivity contribution >= 4 is 11.9 Å². The third-order valence-corrected chi connectivity index (χ3v) is 7.38. The summed E-state index contributed by atoms with van der Waals surface area (Å²) in [6, 6.07) is 0. The quantitative estimate of drug-likeness (QED) is 0.242. The van der Waals surface area contributed by atoms with Crippen molar-refractivity contribution in [3.63, 3.8) is 0 Å². The first-order valence-corrected chi connectivity index (χ1v) is 11.8. The first-order chi connectivity index (χ1) is 14.4. The van der Waals surface area contributed by atoms with E-state index in [9.17, 15) is 19.8 Å². The fourth-order valence-electron chi connectivity index (χ4n) is 5.34. The number of hydrogen-bond donors (Lipinski definition) is 0. The maximum atomic E-state index is 12.5. The third kappa shape index (κ3) is 4.75. The van der Waals surface area contributed by atoms with Gasteiger partial charge >= 0.3 is 0 Å². The van der Waals surface area contributed by atoms with Gasteiger partial charge in [-0.2, -0.15) is 0 Å². The van der Waals surface area contributed by atoms with E-state index in [-0.39, 0.29) is 43.7 Å². The van der Waals surface area contributed by atoms with Gasteiger partial charge < -0.3 is 29.3 Å². The first kappa shape index (κ1) is 23.3. The minimum absolute atomic E-state index is 0.0153. The highest BCUT2D eigenvalue weighted by atomic mass is 16.6. The van der Waals surface area contributed by atoms with Crippen LogP contribution in [0.1, 0.15) is 90.9 Å². The number of carbonyl (C=O) groups excluding carboxylic acids is 2. The highest BCUT2D eigenvalue weighted by Crippen LogP contribution is 2.57. The summed E-state index contributed by atoms with van der Waals surface area (Å²) < 4.78 is 11.5. The van der Waals surface area contributed by atoms with Crippen molar-refractivity contribution in [2.45, 2.75) is 115 Å². The van der Waals surface area contributed by atoms with E-state index >= 15 is 0 Å². The minimum Gasteiger partial charge on any atom is -0.550 e. The molecule has 2 fully saturated rings. The molecule has 2 heterocycles. The van der Waals surface area contributed by atoms with Gasteiger partial charge in [0, 0.05) is 16.8 Å². The molecule has 6 unspecified atom stereocenters. The van der Waals surface area contributed by atoms with Gasteiger partial charge in [0.1, 0.15) is 0 Å². The number of rotatable bonds is 14. The van der Waals surface area contributed by atoms with Crippen LogP contribution in [-0.2, 0) is 19.1 Å². The predicted molar refractivity (Wildman–Crippen MR) is 108 cm³/mol. The summed E-state index contributed by atoms with van der Waals surface area (Å²) in [5, 5.41) is 25.0. The summed E-state index contributed by atoms with van der Waals surface area (Å²) in [7, 11) is 0. The second-order valence-corrected chi connectivity index (χ2v) is 9.40. The van der Waals surface area contributed by atoms with Crippen LogP contribution in [0.25, 0.3) is 0 Å². The number of unbranched alkanes of at least 4 members (excludes halogenated alkanes) is 4. The number of allylic oxidation sites excluding steroid dienone is 1. The highest BCUT2D eigenvalue weighted by Gasteiger charge is 2.59. The normalized spacial score (nSPS) is 37.1. The number of hydrogen-bond acceptors (Lipinski definition) is 6. The van der Waals surface area contributed by atoms with Crippen molar-refractivity contribution in [1.29, 1.82) is 0 Å². The molecule has 3 rings (SSSR count). The summed E-state index contributed by atoms with van der Waals surface area (Å²) in [5.74, 6) is -2.64. The topological polar surface area (TPSA) is 105 Å². The van der Waals surface area contributed by atoms with E-state index in [4.69, 9.17) is 9.47 Å². The van der Waals surface area contributed by atoms with Gasteiger partial charge in [-0.3, -0.25) is 0 Å². The van der Waals surface area contributed by atoms with Crippen LogP contribution in [0.5, 0.6) is 0 Å². The van der Waals surface area contributed by atoms with E-state index in [1.54, 1.807) is 12.2 Å². The molecule has 6 nitrogen and oxygen atoms in total. The number of carboxylic acid groups (broad SMARTS) is 2. The monoisotopic (exact) mass is 420 g/mol. The van der Waals surface area contributed by atoms with Crippen molar-refractivity contribution in [3.8, 4) is 0 Å². The van der Waals surface area contributed by atoms with Crippen LogP contribution in [0.3, 0.4) is 0 Å². The molecule has 0 aromatic carbocycles. The molecule has 2 aliphatic heterocycles. The molecule has 0 radical (unpaired) electrons. The van der Waals surface area contributed by atoms with Gasteiger partial charge in [0.05, 0.1) is 30.4 Å². The average Bonchev–Trinajstić information content (AvgIpc) is 3.62. The Balaban J connectivity index is 1.74. The van der Waals surface area contributed by atoms with E-state index in [0.29, 0.717) is 6.42 Å². The molecule has 0 saturated carbocycles. The summed E-state index contributed by atoms with van der Waals surface area (Å²) in [6.07, 6.45) is 12.3. The lowest BCUT2D eigenvalue weighted by atomic mass is 9.54. The molecule has 0 bridgehead atoms. The van der Waals surface area contributed by atoms with Crippen LogP contribution >= 0.6 is 0 Å². The molecule has 0 N–H and O–H groups in total. The van der Waals surface area contributed by atoms with E-state index in [1.165, 1.54) is 0 Å². The molecule has 0 aromatic heterocycles. The largest absolute Gasteiger partial charge is 0.550 e. The molecule has 0 aromatic rings. The smallest absolute Gasteiger partial charge is 0.0854 e. The van der Waals surface area contributed by atoms with Crippen molar-refractivity contribution in [3.05, 3.63) is 12.2 Å². The van der Waals surface area contributed by atoms with Crippen LogP contribution in [0.2, 0.25) is 0 Å². The molecule has 30 heavy (non-hydrogen) atoms. The lowest BCUT2D eigenvalue weighted by Gasteiger charge is -2.52. The maximum Gasteiger partial charge on any atom is 0.0854 e. The van der Waals surface area contributed by atoms with Crippen LogP contribution < -0.4 is 10.2 Å². The Labute approximate surface area is 180 Å². The van der Waals surface area contributed by atoms with E-state index in [1.807, 2.05) is 0 Å². The summed E-state index contributed by atoms with van der Waals surface area (Å²) in [6.45, 7) is 4.27. The fraction of sp³-hybridized carbons (Fsp3) is 0.833. The molecule has 6 atom stereocenters. The van der Waals surface area contributed by atoms with E-state index in [0.717, 1.165) is 51.4 Å². The third-order valence-electron chi connectivity index (χ3n) is 7.38. The Morgan fingerprint density at radius 2 is 1.43 bits per heavy atom. The molecule has 2 saturated heterocycles. The molecule has 170 valence electrons. The van der Waals surface area contributed by atoms with Crippen LogP contribution in [0.15, 0.2) is 12.2 Å². The van der Waals surface area contributed by atoms with E-state index in [2.05, 4.69) is 13.8 Å². The number of epoxide rings is 2. The highest BCUT2D eigenvalue weighted by molar-refractivity contribution is 5.87.